The first-order chi connectivity index (χ1) is 9.55. The van der Waals surface area contributed by atoms with Crippen molar-refractivity contribution in [3.63, 3.8) is 0 Å². The Kier molecular flexibility index (Phi) is 4.12. The van der Waals surface area contributed by atoms with Crippen LogP contribution in [0.1, 0.15) is 25.3 Å². The van der Waals surface area contributed by atoms with Crippen molar-refractivity contribution in [2.45, 2.75) is 25.3 Å². The van der Waals surface area contributed by atoms with E-state index in [2.05, 4.69) is 10.6 Å². The first-order valence-electron chi connectivity index (χ1n) is 6.63. The zero-order chi connectivity index (χ0) is 14.6. The van der Waals surface area contributed by atoms with Crippen molar-refractivity contribution in [1.82, 2.24) is 10.6 Å². The second kappa shape index (κ2) is 5.81. The highest BCUT2D eigenvalue weighted by molar-refractivity contribution is 5.81. The largest absolute Gasteiger partial charge is 0.465 e. The standard InChI is InChI=1S/C14H19N3O3/c1-2-20-12(18)9-16-13(19)17-14(7-8-14)10-3-5-11(15)6-4-10/h3-6H,2,7-9,15H2,1H3,(H2,16,17,19). The average Bonchev–Trinajstić information content (AvgIpc) is 3.18. The molecule has 2 rings (SSSR count). The summed E-state index contributed by atoms with van der Waals surface area (Å²) < 4.78 is 4.74. The SMILES string of the molecule is CCOC(=O)CNC(=O)NC1(c2ccc(N)cc2)CC1. The molecule has 0 bridgehead atoms. The molecule has 1 fully saturated rings. The molecule has 1 aliphatic carbocycles. The van der Waals surface area contributed by atoms with Crippen LogP contribution in [0.3, 0.4) is 0 Å². The summed E-state index contributed by atoms with van der Waals surface area (Å²) in [5, 5.41) is 5.40. The zero-order valence-corrected chi connectivity index (χ0v) is 11.4. The van der Waals surface area contributed by atoms with Gasteiger partial charge in [0.05, 0.1) is 12.1 Å². The molecule has 6 nitrogen and oxygen atoms in total. The van der Waals surface area contributed by atoms with E-state index in [1.165, 1.54) is 0 Å². The number of benzene rings is 1. The van der Waals surface area contributed by atoms with Crippen molar-refractivity contribution in [2.24, 2.45) is 0 Å². The smallest absolute Gasteiger partial charge is 0.325 e. The van der Waals surface area contributed by atoms with E-state index in [4.69, 9.17) is 10.5 Å². The van der Waals surface area contributed by atoms with Gasteiger partial charge in [0, 0.05) is 5.69 Å². The van der Waals surface area contributed by atoms with Crippen LogP contribution < -0.4 is 16.4 Å². The van der Waals surface area contributed by atoms with Crippen LogP contribution in [0.5, 0.6) is 0 Å². The number of carbonyl (C=O) groups excluding carboxylic acids is 2. The fourth-order valence-electron chi connectivity index (χ4n) is 2.04. The second-order valence-electron chi connectivity index (χ2n) is 4.82. The van der Waals surface area contributed by atoms with Gasteiger partial charge in [-0.25, -0.2) is 4.79 Å². The molecule has 0 heterocycles. The van der Waals surface area contributed by atoms with E-state index in [0.29, 0.717) is 12.3 Å². The second-order valence-corrected chi connectivity index (χ2v) is 4.82. The quantitative estimate of drug-likeness (QED) is 0.555. The summed E-state index contributed by atoms with van der Waals surface area (Å²) in [7, 11) is 0. The van der Waals surface area contributed by atoms with E-state index in [1.807, 2.05) is 24.3 Å². The number of amides is 2. The van der Waals surface area contributed by atoms with E-state index in [9.17, 15) is 9.59 Å². The Bertz CT molecular complexity index is 495. The lowest BCUT2D eigenvalue weighted by Crippen LogP contribution is -2.44. The number of nitrogens with one attached hydrogen (secondary N) is 2. The zero-order valence-electron chi connectivity index (χ0n) is 11.4. The van der Waals surface area contributed by atoms with Crippen LogP contribution in [-0.4, -0.2) is 25.2 Å². The maximum atomic E-state index is 11.8. The molecular weight excluding hydrogens is 258 g/mol. The lowest BCUT2D eigenvalue weighted by Gasteiger charge is -2.18. The third-order valence-electron chi connectivity index (χ3n) is 3.26. The number of nitrogen functional groups attached to an aromatic ring is 1. The molecule has 1 aliphatic rings. The predicted molar refractivity (Wildman–Crippen MR) is 74.9 cm³/mol. The van der Waals surface area contributed by atoms with Crippen molar-refractivity contribution in [2.75, 3.05) is 18.9 Å². The number of rotatable bonds is 5. The van der Waals surface area contributed by atoms with Gasteiger partial charge in [-0.15, -0.1) is 0 Å². The average molecular weight is 277 g/mol. The van der Waals surface area contributed by atoms with E-state index < -0.39 is 5.97 Å². The Morgan fingerprint density at radius 2 is 1.95 bits per heavy atom. The normalized spacial score (nSPS) is 15.2. The van der Waals surface area contributed by atoms with E-state index in [0.717, 1.165) is 18.4 Å². The van der Waals surface area contributed by atoms with Crippen LogP contribution in [0, 0.1) is 0 Å². The van der Waals surface area contributed by atoms with E-state index >= 15 is 0 Å². The Morgan fingerprint density at radius 1 is 1.30 bits per heavy atom. The molecule has 0 atom stereocenters. The van der Waals surface area contributed by atoms with Gasteiger partial charge in [0.1, 0.15) is 6.54 Å². The van der Waals surface area contributed by atoms with Gasteiger partial charge >= 0.3 is 12.0 Å². The van der Waals surface area contributed by atoms with Gasteiger partial charge in [-0.3, -0.25) is 4.79 Å². The van der Waals surface area contributed by atoms with Crippen molar-refractivity contribution in [3.05, 3.63) is 29.8 Å². The minimum atomic E-state index is -0.444. The molecule has 4 N–H and O–H groups in total. The molecule has 1 saturated carbocycles. The summed E-state index contributed by atoms with van der Waals surface area (Å²) in [6.07, 6.45) is 1.76. The molecule has 108 valence electrons. The molecule has 0 aliphatic heterocycles. The number of carbonyl (C=O) groups is 2. The van der Waals surface area contributed by atoms with Crippen LogP contribution >= 0.6 is 0 Å². The summed E-state index contributed by atoms with van der Waals surface area (Å²) in [6, 6.07) is 7.08. The Hall–Kier alpha value is -2.24. The number of esters is 1. The highest BCUT2D eigenvalue weighted by Gasteiger charge is 2.45. The summed E-state index contributed by atoms with van der Waals surface area (Å²) in [5.41, 5.74) is 7.04. The molecule has 0 unspecified atom stereocenters. The minimum Gasteiger partial charge on any atom is -0.465 e. The Labute approximate surface area is 117 Å². The Balaban J connectivity index is 1.87. The summed E-state index contributed by atoms with van der Waals surface area (Å²) >= 11 is 0. The summed E-state index contributed by atoms with van der Waals surface area (Å²) in [5.74, 6) is -0.444. The van der Waals surface area contributed by atoms with Gasteiger partial charge in [0.15, 0.2) is 0 Å². The van der Waals surface area contributed by atoms with Gasteiger partial charge in [-0.05, 0) is 37.5 Å². The molecule has 2 amide bonds. The van der Waals surface area contributed by atoms with Gasteiger partial charge in [0.2, 0.25) is 0 Å². The Morgan fingerprint density at radius 3 is 2.50 bits per heavy atom. The highest BCUT2D eigenvalue weighted by atomic mass is 16.5. The maximum absolute atomic E-state index is 11.8. The molecule has 20 heavy (non-hydrogen) atoms. The van der Waals surface area contributed by atoms with Crippen LogP contribution in [0.2, 0.25) is 0 Å². The number of nitrogens with two attached hydrogens (primary N) is 1. The number of hydrogen-bond acceptors (Lipinski definition) is 4. The molecule has 1 aromatic carbocycles. The summed E-state index contributed by atoms with van der Waals surface area (Å²) in [4.78, 5) is 23.0. The predicted octanol–water partition coefficient (Wildman–Crippen LogP) is 1.12. The lowest BCUT2D eigenvalue weighted by atomic mass is 10.0. The van der Waals surface area contributed by atoms with Crippen LogP contribution in [0.4, 0.5) is 10.5 Å². The monoisotopic (exact) mass is 277 g/mol. The van der Waals surface area contributed by atoms with E-state index in [1.54, 1.807) is 6.92 Å². The molecule has 0 radical (unpaired) electrons. The fourth-order valence-corrected chi connectivity index (χ4v) is 2.04. The van der Waals surface area contributed by atoms with Crippen LogP contribution in [0.25, 0.3) is 0 Å². The number of hydrogen-bond donors (Lipinski definition) is 3. The molecular formula is C14H19N3O3. The topological polar surface area (TPSA) is 93.4 Å². The minimum absolute atomic E-state index is 0.127. The number of anilines is 1. The molecule has 0 saturated heterocycles. The first-order valence-corrected chi connectivity index (χ1v) is 6.63. The number of urea groups is 1. The molecule has 0 aromatic heterocycles. The third-order valence-corrected chi connectivity index (χ3v) is 3.26. The van der Waals surface area contributed by atoms with Crippen molar-refractivity contribution >= 4 is 17.7 Å². The van der Waals surface area contributed by atoms with E-state index in [-0.39, 0.29) is 18.1 Å². The third kappa shape index (κ3) is 3.40. The molecule has 1 aromatic rings. The number of ether oxygens (including phenoxy) is 1. The van der Waals surface area contributed by atoms with Gasteiger partial charge in [0.25, 0.3) is 0 Å². The highest BCUT2D eigenvalue weighted by Crippen LogP contribution is 2.45. The van der Waals surface area contributed by atoms with Crippen LogP contribution in [-0.2, 0) is 15.1 Å². The fraction of sp³-hybridized carbons (Fsp3) is 0.429. The maximum Gasteiger partial charge on any atom is 0.325 e. The first kappa shape index (κ1) is 14.2. The van der Waals surface area contributed by atoms with Crippen molar-refractivity contribution in [1.29, 1.82) is 0 Å². The molecule has 0 spiro atoms. The molecule has 6 heteroatoms. The van der Waals surface area contributed by atoms with Crippen molar-refractivity contribution in [3.8, 4) is 0 Å². The van der Waals surface area contributed by atoms with Gasteiger partial charge in [-0.2, -0.15) is 0 Å². The van der Waals surface area contributed by atoms with Gasteiger partial charge < -0.3 is 21.1 Å². The van der Waals surface area contributed by atoms with Crippen molar-refractivity contribution < 1.29 is 14.3 Å². The summed E-state index contributed by atoms with van der Waals surface area (Å²) in [6.45, 7) is 1.90. The van der Waals surface area contributed by atoms with Crippen LogP contribution in [0.15, 0.2) is 24.3 Å². The van der Waals surface area contributed by atoms with Gasteiger partial charge in [-0.1, -0.05) is 12.1 Å². The lowest BCUT2D eigenvalue weighted by molar-refractivity contribution is -0.141.